The molecule has 0 spiro atoms. The number of rotatable bonds is 6. The first-order chi connectivity index (χ1) is 16.6. The molecule has 4 aromatic rings. The van der Waals surface area contributed by atoms with Crippen LogP contribution >= 0.6 is 0 Å². The highest BCUT2D eigenvalue weighted by atomic mass is 19.4. The molecule has 1 N–H and O–H groups in total. The number of carbonyl (C=O) groups excluding carboxylic acids is 2. The maximum absolute atomic E-state index is 13.4. The van der Waals surface area contributed by atoms with E-state index in [0.29, 0.717) is 11.4 Å². The minimum absolute atomic E-state index is 0.0587. The fourth-order valence-corrected chi connectivity index (χ4v) is 4.01. The average Bonchev–Trinajstić information content (AvgIpc) is 3.27. The largest absolute Gasteiger partial charge is 0.454 e. The lowest BCUT2D eigenvalue weighted by Gasteiger charge is -2.14. The van der Waals surface area contributed by atoms with Gasteiger partial charge in [-0.3, -0.25) is 9.59 Å². The van der Waals surface area contributed by atoms with Crippen LogP contribution in [0.4, 0.5) is 18.9 Å². The van der Waals surface area contributed by atoms with Crippen LogP contribution in [0.3, 0.4) is 0 Å². The molecule has 0 saturated heterocycles. The summed E-state index contributed by atoms with van der Waals surface area (Å²) in [4.78, 5) is 24.8. The van der Waals surface area contributed by atoms with Gasteiger partial charge in [-0.05, 0) is 50.4 Å². The lowest BCUT2D eigenvalue weighted by atomic mass is 10.1. The summed E-state index contributed by atoms with van der Waals surface area (Å²) < 4.78 is 48.4. The number of anilines is 1. The topological polar surface area (TPSA) is 78.2 Å². The second kappa shape index (κ2) is 9.28. The molecule has 4 rings (SSSR count). The lowest BCUT2D eigenvalue weighted by Crippen LogP contribution is -2.23. The van der Waals surface area contributed by atoms with Crippen LogP contribution in [0.15, 0.2) is 54.6 Å². The highest BCUT2D eigenvalue weighted by Gasteiger charge is 2.34. The molecule has 0 radical (unpaired) electrons. The molecule has 2 aromatic carbocycles. The number of hydrogen-bond donors (Lipinski definition) is 1. The Morgan fingerprint density at radius 1 is 1.03 bits per heavy atom. The molecule has 7 nitrogen and oxygen atoms in total. The van der Waals surface area contributed by atoms with Crippen molar-refractivity contribution in [1.82, 2.24) is 14.3 Å². The van der Waals surface area contributed by atoms with Crippen LogP contribution in [-0.2, 0) is 27.0 Å². The number of amides is 1. The molecule has 35 heavy (non-hydrogen) atoms. The van der Waals surface area contributed by atoms with Gasteiger partial charge in [0.1, 0.15) is 6.54 Å². The van der Waals surface area contributed by atoms with Crippen LogP contribution in [0.5, 0.6) is 0 Å². The number of alkyl halides is 3. The molecule has 0 fully saturated rings. The van der Waals surface area contributed by atoms with Gasteiger partial charge < -0.3 is 14.6 Å². The summed E-state index contributed by atoms with van der Waals surface area (Å²) in [5, 5.41) is 7.77. The third-order valence-electron chi connectivity index (χ3n) is 5.66. The summed E-state index contributed by atoms with van der Waals surface area (Å²) in [6, 6.07) is 14.6. The predicted octanol–water partition coefficient (Wildman–Crippen LogP) is 4.95. The maximum Gasteiger partial charge on any atom is 0.418 e. The van der Waals surface area contributed by atoms with Gasteiger partial charge in [-0.1, -0.05) is 30.3 Å². The monoisotopic (exact) mass is 484 g/mol. The number of nitrogens with zero attached hydrogens (tertiary/aromatic N) is 3. The quantitative estimate of drug-likeness (QED) is 0.393. The fourth-order valence-electron chi connectivity index (χ4n) is 4.01. The van der Waals surface area contributed by atoms with E-state index < -0.39 is 30.2 Å². The molecule has 182 valence electrons. The molecule has 0 unspecified atom stereocenters. The Hall–Kier alpha value is -4.08. The molecule has 2 heterocycles. The Morgan fingerprint density at radius 2 is 1.71 bits per heavy atom. The summed E-state index contributed by atoms with van der Waals surface area (Å²) in [7, 11) is 0. The Balaban J connectivity index is 1.44. The number of para-hydroxylation sites is 2. The standard InChI is InChI=1S/C25H23F3N4O3/c1-15-12-18-8-4-6-10-20(18)31(15)13-23(34)35-14-22(33)29-24-16(2)30-32(17(24)3)21-11-7-5-9-19(21)25(26,27)28/h4-12H,13-14H2,1-3H3,(H,29,33). The van der Waals surface area contributed by atoms with E-state index >= 15 is 0 Å². The molecule has 0 aliphatic carbocycles. The van der Waals surface area contributed by atoms with Crippen molar-refractivity contribution in [2.75, 3.05) is 11.9 Å². The van der Waals surface area contributed by atoms with Crippen molar-refractivity contribution in [3.05, 3.63) is 77.2 Å². The van der Waals surface area contributed by atoms with Crippen molar-refractivity contribution < 1.29 is 27.5 Å². The van der Waals surface area contributed by atoms with Gasteiger partial charge in [0.25, 0.3) is 5.91 Å². The van der Waals surface area contributed by atoms with E-state index in [2.05, 4.69) is 10.4 Å². The van der Waals surface area contributed by atoms with Crippen molar-refractivity contribution in [1.29, 1.82) is 0 Å². The summed E-state index contributed by atoms with van der Waals surface area (Å²) in [5.41, 5.74) is 1.67. The van der Waals surface area contributed by atoms with Crippen LogP contribution < -0.4 is 5.32 Å². The predicted molar refractivity (Wildman–Crippen MR) is 124 cm³/mol. The van der Waals surface area contributed by atoms with E-state index in [0.717, 1.165) is 27.3 Å². The lowest BCUT2D eigenvalue weighted by molar-refractivity contribution is -0.147. The number of aryl methyl sites for hydroxylation is 2. The molecule has 2 aromatic heterocycles. The maximum atomic E-state index is 13.4. The van der Waals surface area contributed by atoms with E-state index in [1.165, 1.54) is 18.2 Å². The third-order valence-corrected chi connectivity index (χ3v) is 5.66. The van der Waals surface area contributed by atoms with Gasteiger partial charge in [0, 0.05) is 11.2 Å². The van der Waals surface area contributed by atoms with Crippen molar-refractivity contribution >= 4 is 28.5 Å². The number of benzene rings is 2. The highest BCUT2D eigenvalue weighted by Crippen LogP contribution is 2.35. The normalized spacial score (nSPS) is 11.6. The fraction of sp³-hybridized carbons (Fsp3) is 0.240. The number of esters is 1. The molecule has 0 saturated carbocycles. The minimum Gasteiger partial charge on any atom is -0.454 e. The molecule has 0 aliphatic rings. The van der Waals surface area contributed by atoms with Crippen molar-refractivity contribution in [2.24, 2.45) is 0 Å². The summed E-state index contributed by atoms with van der Waals surface area (Å²) in [5.74, 6) is -1.21. The zero-order valence-electron chi connectivity index (χ0n) is 19.3. The van der Waals surface area contributed by atoms with Crippen LogP contribution in [0.25, 0.3) is 16.6 Å². The Labute approximate surface area is 199 Å². The number of nitrogens with one attached hydrogen (secondary N) is 1. The second-order valence-electron chi connectivity index (χ2n) is 8.11. The summed E-state index contributed by atoms with van der Waals surface area (Å²) >= 11 is 0. The zero-order valence-corrected chi connectivity index (χ0v) is 19.3. The van der Waals surface area contributed by atoms with Gasteiger partial charge in [0.2, 0.25) is 0 Å². The minimum atomic E-state index is -4.57. The Morgan fingerprint density at radius 3 is 2.46 bits per heavy atom. The number of halogens is 3. The second-order valence-corrected chi connectivity index (χ2v) is 8.11. The first kappa shape index (κ1) is 24.1. The first-order valence-electron chi connectivity index (χ1n) is 10.8. The average molecular weight is 484 g/mol. The van der Waals surface area contributed by atoms with E-state index in [-0.39, 0.29) is 17.9 Å². The summed E-state index contributed by atoms with van der Waals surface area (Å²) in [6.45, 7) is 4.40. The zero-order chi connectivity index (χ0) is 25.3. The Kier molecular flexibility index (Phi) is 6.38. The van der Waals surface area contributed by atoms with E-state index in [1.54, 1.807) is 18.4 Å². The van der Waals surface area contributed by atoms with E-state index in [4.69, 9.17) is 4.74 Å². The number of aromatic nitrogens is 3. The molecular formula is C25H23F3N4O3. The number of fused-ring (bicyclic) bond motifs is 1. The molecule has 0 atom stereocenters. The highest BCUT2D eigenvalue weighted by molar-refractivity contribution is 5.94. The smallest absolute Gasteiger partial charge is 0.418 e. The van der Waals surface area contributed by atoms with Crippen LogP contribution in [-0.4, -0.2) is 32.8 Å². The van der Waals surface area contributed by atoms with Crippen LogP contribution in [0.2, 0.25) is 0 Å². The molecule has 0 aliphatic heterocycles. The van der Waals surface area contributed by atoms with Gasteiger partial charge in [0.15, 0.2) is 6.61 Å². The van der Waals surface area contributed by atoms with E-state index in [1.807, 2.05) is 37.3 Å². The van der Waals surface area contributed by atoms with Crippen molar-refractivity contribution in [2.45, 2.75) is 33.5 Å². The van der Waals surface area contributed by atoms with Crippen molar-refractivity contribution in [3.8, 4) is 5.69 Å². The molecular weight excluding hydrogens is 461 g/mol. The number of carbonyl (C=O) groups is 2. The van der Waals surface area contributed by atoms with Crippen LogP contribution in [0, 0.1) is 20.8 Å². The summed E-state index contributed by atoms with van der Waals surface area (Å²) in [6.07, 6.45) is -4.57. The third kappa shape index (κ3) is 4.91. The number of ether oxygens (including phenoxy) is 1. The van der Waals surface area contributed by atoms with Gasteiger partial charge >= 0.3 is 12.1 Å². The molecule has 10 heteroatoms. The first-order valence-corrected chi connectivity index (χ1v) is 10.8. The number of hydrogen-bond acceptors (Lipinski definition) is 4. The van der Waals surface area contributed by atoms with Crippen molar-refractivity contribution in [3.63, 3.8) is 0 Å². The van der Waals surface area contributed by atoms with Gasteiger partial charge in [-0.2, -0.15) is 18.3 Å². The van der Waals surface area contributed by atoms with Gasteiger partial charge in [-0.15, -0.1) is 0 Å². The molecule has 1 amide bonds. The Bertz CT molecular complexity index is 1420. The van der Waals surface area contributed by atoms with Crippen LogP contribution in [0.1, 0.15) is 22.6 Å². The SMILES string of the molecule is Cc1nn(-c2ccccc2C(F)(F)F)c(C)c1NC(=O)COC(=O)Cn1c(C)cc2ccccc21. The van der Waals surface area contributed by atoms with E-state index in [9.17, 15) is 22.8 Å². The molecule has 0 bridgehead atoms. The van der Waals surface area contributed by atoms with Gasteiger partial charge in [0.05, 0.1) is 28.3 Å². The van der Waals surface area contributed by atoms with Gasteiger partial charge in [-0.25, -0.2) is 4.68 Å².